The van der Waals surface area contributed by atoms with Gasteiger partial charge in [-0.2, -0.15) is 0 Å². The van der Waals surface area contributed by atoms with Crippen LogP contribution < -0.4 is 5.32 Å². The van der Waals surface area contributed by atoms with Gasteiger partial charge in [-0.3, -0.25) is 4.90 Å². The number of hydrogen-bond acceptors (Lipinski definition) is 3. The van der Waals surface area contributed by atoms with Crippen LogP contribution in [0.4, 0.5) is 0 Å². The molecular formula is C15H25BrCl2N2O. The molecule has 1 fully saturated rings. The van der Waals surface area contributed by atoms with Crippen molar-refractivity contribution in [2.45, 2.75) is 26.3 Å². The third kappa shape index (κ3) is 5.95. The highest BCUT2D eigenvalue weighted by atomic mass is 79.9. The Kier molecular flexibility index (Phi) is 9.90. The fraction of sp³-hybridized carbons (Fsp3) is 0.600. The van der Waals surface area contributed by atoms with Crippen LogP contribution in [0.3, 0.4) is 0 Å². The molecule has 6 heteroatoms. The monoisotopic (exact) mass is 398 g/mol. The molecule has 3 nitrogen and oxygen atoms in total. The maximum Gasteiger partial charge on any atom is 0.120 e. The van der Waals surface area contributed by atoms with E-state index in [4.69, 9.17) is 0 Å². The molecule has 0 radical (unpaired) electrons. The molecule has 0 aromatic heterocycles. The minimum Gasteiger partial charge on any atom is -0.508 e. The number of nitrogens with one attached hydrogen (secondary N) is 1. The number of phenolic OH excluding ortho intramolecular Hbond substituents is 1. The Morgan fingerprint density at radius 3 is 2.43 bits per heavy atom. The average molecular weight is 400 g/mol. The second-order valence-electron chi connectivity index (χ2n) is 5.63. The molecule has 2 rings (SSSR count). The Bertz CT molecular complexity index is 426. The van der Waals surface area contributed by atoms with Crippen molar-refractivity contribution in [3.05, 3.63) is 28.2 Å². The van der Waals surface area contributed by atoms with Gasteiger partial charge in [0, 0.05) is 42.3 Å². The van der Waals surface area contributed by atoms with Crippen molar-refractivity contribution in [2.24, 2.45) is 5.92 Å². The van der Waals surface area contributed by atoms with Crippen molar-refractivity contribution in [1.29, 1.82) is 0 Å². The normalized spacial score (nSPS) is 17.0. The van der Waals surface area contributed by atoms with Crippen molar-refractivity contribution in [3.8, 4) is 5.75 Å². The molecule has 0 saturated carbocycles. The molecule has 1 aliphatic rings. The number of aromatic hydroxyl groups is 1. The molecule has 0 amide bonds. The summed E-state index contributed by atoms with van der Waals surface area (Å²) in [6.45, 7) is 8.63. The number of benzene rings is 1. The molecule has 122 valence electrons. The Labute approximate surface area is 148 Å². The summed E-state index contributed by atoms with van der Waals surface area (Å²) < 4.78 is 1.03. The van der Waals surface area contributed by atoms with E-state index in [2.05, 4.69) is 46.1 Å². The number of hydrogen-bond donors (Lipinski definition) is 2. The lowest BCUT2D eigenvalue weighted by Crippen LogP contribution is -2.45. The van der Waals surface area contributed by atoms with Gasteiger partial charge in [-0.15, -0.1) is 24.8 Å². The van der Waals surface area contributed by atoms with E-state index in [1.165, 1.54) is 0 Å². The smallest absolute Gasteiger partial charge is 0.120 e. The molecule has 1 heterocycles. The third-order valence-corrected chi connectivity index (χ3v) is 4.13. The number of rotatable bonds is 4. The van der Waals surface area contributed by atoms with Crippen molar-refractivity contribution >= 4 is 40.7 Å². The Morgan fingerprint density at radius 2 is 1.86 bits per heavy atom. The van der Waals surface area contributed by atoms with Gasteiger partial charge in [0.25, 0.3) is 0 Å². The molecule has 1 aromatic rings. The van der Waals surface area contributed by atoms with E-state index in [1.807, 2.05) is 6.07 Å². The zero-order valence-electron chi connectivity index (χ0n) is 12.5. The fourth-order valence-electron chi connectivity index (χ4n) is 2.71. The summed E-state index contributed by atoms with van der Waals surface area (Å²) in [6, 6.07) is 6.04. The van der Waals surface area contributed by atoms with Crippen LogP contribution in [0.15, 0.2) is 22.7 Å². The first-order valence-electron chi connectivity index (χ1n) is 7.01. The maximum absolute atomic E-state index is 10.2. The van der Waals surface area contributed by atoms with Crippen molar-refractivity contribution < 1.29 is 5.11 Å². The second-order valence-corrected chi connectivity index (χ2v) is 6.55. The van der Waals surface area contributed by atoms with Crippen molar-refractivity contribution in [1.82, 2.24) is 10.2 Å². The zero-order chi connectivity index (χ0) is 13.8. The highest BCUT2D eigenvalue weighted by Gasteiger charge is 2.25. The molecule has 0 spiro atoms. The van der Waals surface area contributed by atoms with Gasteiger partial charge in [0.2, 0.25) is 0 Å². The zero-order valence-corrected chi connectivity index (χ0v) is 15.7. The van der Waals surface area contributed by atoms with Gasteiger partial charge >= 0.3 is 0 Å². The first-order valence-corrected chi connectivity index (χ1v) is 7.80. The highest BCUT2D eigenvalue weighted by molar-refractivity contribution is 9.10. The predicted molar refractivity (Wildman–Crippen MR) is 96.9 cm³/mol. The minimum atomic E-state index is 0. The van der Waals surface area contributed by atoms with E-state index < -0.39 is 0 Å². The van der Waals surface area contributed by atoms with Crippen LogP contribution in [-0.2, 0) is 0 Å². The van der Waals surface area contributed by atoms with Gasteiger partial charge in [-0.05, 0) is 30.5 Å². The van der Waals surface area contributed by atoms with Crippen LogP contribution in [0.1, 0.15) is 31.9 Å². The fourth-order valence-corrected chi connectivity index (χ4v) is 3.08. The first kappa shape index (κ1) is 21.0. The van der Waals surface area contributed by atoms with E-state index in [0.717, 1.165) is 42.6 Å². The van der Waals surface area contributed by atoms with Crippen molar-refractivity contribution in [3.63, 3.8) is 0 Å². The SMILES string of the molecule is CC(C)C[C@H](c1cc(Br)ccc1O)N1CCNCC1.Cl.Cl. The minimum absolute atomic E-state index is 0. The Balaban J connectivity index is 0.00000200. The third-order valence-electron chi connectivity index (χ3n) is 3.64. The molecule has 21 heavy (non-hydrogen) atoms. The largest absolute Gasteiger partial charge is 0.508 e. The van der Waals surface area contributed by atoms with Gasteiger partial charge < -0.3 is 10.4 Å². The van der Waals surface area contributed by atoms with Crippen LogP contribution in [-0.4, -0.2) is 36.2 Å². The van der Waals surface area contributed by atoms with Gasteiger partial charge in [-0.1, -0.05) is 29.8 Å². The number of piperazine rings is 1. The molecular weight excluding hydrogens is 375 g/mol. The maximum atomic E-state index is 10.2. The van der Waals surface area contributed by atoms with Crippen LogP contribution in [0, 0.1) is 5.92 Å². The van der Waals surface area contributed by atoms with Crippen LogP contribution in [0.25, 0.3) is 0 Å². The summed E-state index contributed by atoms with van der Waals surface area (Å²) in [6.07, 6.45) is 1.07. The predicted octanol–water partition coefficient (Wildman–Crippen LogP) is 3.99. The summed E-state index contributed by atoms with van der Waals surface area (Å²) >= 11 is 3.51. The van der Waals surface area contributed by atoms with Gasteiger partial charge in [-0.25, -0.2) is 0 Å². The molecule has 1 aliphatic heterocycles. The Morgan fingerprint density at radius 1 is 1.24 bits per heavy atom. The lowest BCUT2D eigenvalue weighted by molar-refractivity contribution is 0.151. The van der Waals surface area contributed by atoms with Crippen LogP contribution in [0.2, 0.25) is 0 Å². The molecule has 0 aliphatic carbocycles. The van der Waals surface area contributed by atoms with Gasteiger partial charge in [0.1, 0.15) is 5.75 Å². The van der Waals surface area contributed by atoms with Crippen LogP contribution in [0.5, 0.6) is 5.75 Å². The lowest BCUT2D eigenvalue weighted by Gasteiger charge is -2.36. The van der Waals surface area contributed by atoms with E-state index in [9.17, 15) is 5.11 Å². The number of nitrogens with zero attached hydrogens (tertiary/aromatic N) is 1. The summed E-state index contributed by atoms with van der Waals surface area (Å²) in [7, 11) is 0. The molecule has 1 atom stereocenters. The van der Waals surface area contributed by atoms with E-state index in [1.54, 1.807) is 6.07 Å². The van der Waals surface area contributed by atoms with Crippen LogP contribution >= 0.6 is 40.7 Å². The molecule has 0 bridgehead atoms. The summed E-state index contributed by atoms with van der Waals surface area (Å²) in [5.74, 6) is 1.02. The lowest BCUT2D eigenvalue weighted by atomic mass is 9.94. The summed E-state index contributed by atoms with van der Waals surface area (Å²) in [5, 5.41) is 13.6. The summed E-state index contributed by atoms with van der Waals surface area (Å²) in [5.41, 5.74) is 1.05. The topological polar surface area (TPSA) is 35.5 Å². The molecule has 2 N–H and O–H groups in total. The van der Waals surface area contributed by atoms with Gasteiger partial charge in [0.15, 0.2) is 0 Å². The highest BCUT2D eigenvalue weighted by Crippen LogP contribution is 2.35. The van der Waals surface area contributed by atoms with E-state index in [0.29, 0.717) is 17.7 Å². The molecule has 1 saturated heterocycles. The van der Waals surface area contributed by atoms with Gasteiger partial charge in [0.05, 0.1) is 0 Å². The number of phenols is 1. The van der Waals surface area contributed by atoms with Crippen molar-refractivity contribution in [2.75, 3.05) is 26.2 Å². The quantitative estimate of drug-likeness (QED) is 0.803. The van der Waals surface area contributed by atoms with E-state index in [-0.39, 0.29) is 24.8 Å². The molecule has 0 unspecified atom stereocenters. The Hall–Kier alpha value is -0.000000000000000111. The number of halogens is 3. The summed E-state index contributed by atoms with van der Waals surface area (Å²) in [4.78, 5) is 2.48. The second kappa shape index (κ2) is 9.90. The standard InChI is InChI=1S/C15H23BrN2O.2ClH/c1-11(2)9-14(18-7-5-17-6-8-18)13-10-12(16)3-4-15(13)19;;/h3-4,10-11,14,17,19H,5-9H2,1-2H3;2*1H/t14-;;/m1../s1. The molecule has 1 aromatic carbocycles. The van der Waals surface area contributed by atoms with E-state index >= 15 is 0 Å². The average Bonchev–Trinajstić information content (AvgIpc) is 2.40. The first-order chi connectivity index (χ1) is 9.08.